The lowest BCUT2D eigenvalue weighted by molar-refractivity contribution is -0.155. The van der Waals surface area contributed by atoms with Crippen LogP contribution in [0.4, 0.5) is 0 Å². The van der Waals surface area contributed by atoms with Crippen molar-refractivity contribution in [3.63, 3.8) is 0 Å². The summed E-state index contributed by atoms with van der Waals surface area (Å²) in [5.74, 6) is 7.17. The van der Waals surface area contributed by atoms with E-state index in [1.807, 2.05) is 63.5 Å². The first kappa shape index (κ1) is 24.8. The summed E-state index contributed by atoms with van der Waals surface area (Å²) in [6, 6.07) is 7.26. The van der Waals surface area contributed by atoms with Crippen LogP contribution in [0, 0.1) is 32.6 Å². The molecule has 1 aliphatic heterocycles. The van der Waals surface area contributed by atoms with E-state index in [1.165, 1.54) is 4.88 Å². The number of esters is 1. The molecule has 4 rings (SSSR count). The number of rotatable bonds is 3. The van der Waals surface area contributed by atoms with Crippen LogP contribution in [0.25, 0.3) is 5.00 Å². The first-order valence-electron chi connectivity index (χ1n) is 11.6. The molecule has 8 heteroatoms. The molecule has 0 bridgehead atoms. The Bertz CT molecular complexity index is 1360. The van der Waals surface area contributed by atoms with Crippen LogP contribution in [0.5, 0.6) is 0 Å². The summed E-state index contributed by atoms with van der Waals surface area (Å²) in [4.78, 5) is 19.2. The zero-order valence-corrected chi connectivity index (χ0v) is 22.1. The third-order valence-electron chi connectivity index (χ3n) is 5.62. The van der Waals surface area contributed by atoms with Crippen LogP contribution in [-0.2, 0) is 9.53 Å². The van der Waals surface area contributed by atoms with E-state index >= 15 is 0 Å². The molecule has 0 spiro atoms. The van der Waals surface area contributed by atoms with E-state index in [0.29, 0.717) is 5.82 Å². The van der Waals surface area contributed by atoms with Gasteiger partial charge < -0.3 is 10.5 Å². The SMILES string of the molecule is Cc1sc2c(c1C)C(c1ccc(C#CC(C)N)cc1)=N[C@H](CC(=O)OC(C)(C)C)c1nnc(C)n1-2. The lowest BCUT2D eigenvalue weighted by atomic mass is 9.98. The van der Waals surface area contributed by atoms with Crippen molar-refractivity contribution in [2.45, 2.75) is 72.6 Å². The van der Waals surface area contributed by atoms with Crippen LogP contribution in [0.15, 0.2) is 29.3 Å². The van der Waals surface area contributed by atoms with Gasteiger partial charge in [0, 0.05) is 21.6 Å². The number of nitrogens with two attached hydrogens (primary N) is 1. The standard InChI is InChI=1S/C27H31N5O2S/c1-15(28)8-9-19-10-12-20(13-11-19)24-23-16(2)17(3)35-26(23)32-18(4)30-31-25(32)21(29-24)14-22(33)34-27(5,6)7/h10-13,15,21H,14,28H2,1-7H3/t15?,21-/m1/s1. The number of aromatic nitrogens is 3. The molecule has 3 aromatic rings. The number of benzene rings is 1. The average molecular weight is 490 g/mol. The number of hydrogen-bond donors (Lipinski definition) is 1. The maximum atomic E-state index is 12.8. The van der Waals surface area contributed by atoms with Crippen LogP contribution in [0.3, 0.4) is 0 Å². The Hall–Kier alpha value is -3.28. The highest BCUT2D eigenvalue weighted by atomic mass is 32.1. The molecule has 0 saturated heterocycles. The van der Waals surface area contributed by atoms with Gasteiger partial charge in [0.2, 0.25) is 0 Å². The van der Waals surface area contributed by atoms with Crippen molar-refractivity contribution in [1.29, 1.82) is 0 Å². The summed E-state index contributed by atoms with van der Waals surface area (Å²) in [5.41, 5.74) is 10.0. The third-order valence-corrected chi connectivity index (χ3v) is 6.81. The highest BCUT2D eigenvalue weighted by Crippen LogP contribution is 2.39. The van der Waals surface area contributed by atoms with Crippen molar-refractivity contribution in [2.75, 3.05) is 0 Å². The first-order chi connectivity index (χ1) is 16.4. The van der Waals surface area contributed by atoms with Gasteiger partial charge in [0.1, 0.15) is 22.5 Å². The molecule has 0 aliphatic carbocycles. The fourth-order valence-corrected chi connectivity index (χ4v) is 5.19. The number of fused-ring (bicyclic) bond motifs is 3. The van der Waals surface area contributed by atoms with E-state index in [0.717, 1.165) is 38.8 Å². The van der Waals surface area contributed by atoms with Crippen molar-refractivity contribution in [2.24, 2.45) is 10.7 Å². The Morgan fingerprint density at radius 1 is 1.20 bits per heavy atom. The second-order valence-electron chi connectivity index (χ2n) is 9.82. The minimum absolute atomic E-state index is 0.0732. The Morgan fingerprint density at radius 3 is 2.51 bits per heavy atom. The number of hydrogen-bond acceptors (Lipinski definition) is 7. The highest BCUT2D eigenvalue weighted by Gasteiger charge is 2.33. The van der Waals surface area contributed by atoms with Gasteiger partial charge in [0.15, 0.2) is 5.82 Å². The minimum Gasteiger partial charge on any atom is -0.460 e. The molecule has 0 fully saturated rings. The van der Waals surface area contributed by atoms with Crippen LogP contribution < -0.4 is 5.73 Å². The van der Waals surface area contributed by atoms with E-state index in [-0.39, 0.29) is 18.4 Å². The van der Waals surface area contributed by atoms with Gasteiger partial charge in [-0.25, -0.2) is 0 Å². The Labute approximate surface area is 210 Å². The molecular weight excluding hydrogens is 458 g/mol. The third kappa shape index (κ3) is 5.21. The van der Waals surface area contributed by atoms with Gasteiger partial charge in [-0.2, -0.15) is 0 Å². The van der Waals surface area contributed by atoms with Crippen LogP contribution >= 0.6 is 11.3 Å². The van der Waals surface area contributed by atoms with Crippen molar-refractivity contribution in [1.82, 2.24) is 14.8 Å². The van der Waals surface area contributed by atoms with E-state index < -0.39 is 11.6 Å². The van der Waals surface area contributed by atoms with E-state index in [4.69, 9.17) is 15.5 Å². The van der Waals surface area contributed by atoms with Crippen LogP contribution in [-0.4, -0.2) is 38.1 Å². The summed E-state index contributed by atoms with van der Waals surface area (Å²) in [6.07, 6.45) is 0.0732. The van der Waals surface area contributed by atoms with Crippen molar-refractivity contribution in [3.05, 3.63) is 63.0 Å². The molecule has 2 N–H and O–H groups in total. The second kappa shape index (κ2) is 9.40. The monoisotopic (exact) mass is 489 g/mol. The molecule has 1 unspecified atom stereocenters. The maximum Gasteiger partial charge on any atom is 0.308 e. The van der Waals surface area contributed by atoms with Gasteiger partial charge in [0.05, 0.1) is 18.2 Å². The lowest BCUT2D eigenvalue weighted by Gasteiger charge is -2.21. The summed E-state index contributed by atoms with van der Waals surface area (Å²) in [6.45, 7) is 13.6. The molecule has 1 aliphatic rings. The lowest BCUT2D eigenvalue weighted by Crippen LogP contribution is -2.25. The molecular formula is C27H31N5O2S. The topological polar surface area (TPSA) is 95.4 Å². The van der Waals surface area contributed by atoms with Crippen molar-refractivity contribution in [3.8, 4) is 16.8 Å². The first-order valence-corrected chi connectivity index (χ1v) is 12.5. The summed E-state index contributed by atoms with van der Waals surface area (Å²) >= 11 is 1.69. The molecule has 35 heavy (non-hydrogen) atoms. The van der Waals surface area contributed by atoms with Crippen molar-refractivity contribution < 1.29 is 9.53 Å². The van der Waals surface area contributed by atoms with Crippen LogP contribution in [0.1, 0.15) is 78.9 Å². The zero-order valence-electron chi connectivity index (χ0n) is 21.3. The molecule has 0 saturated carbocycles. The second-order valence-corrected chi connectivity index (χ2v) is 11.0. The summed E-state index contributed by atoms with van der Waals surface area (Å²) in [7, 11) is 0. The number of nitrogens with zero attached hydrogens (tertiary/aromatic N) is 4. The Balaban J connectivity index is 1.86. The molecule has 2 aromatic heterocycles. The molecule has 182 valence electrons. The average Bonchev–Trinajstić information content (AvgIpc) is 3.24. The van der Waals surface area contributed by atoms with E-state index in [2.05, 4.69) is 35.9 Å². The highest BCUT2D eigenvalue weighted by molar-refractivity contribution is 7.15. The van der Waals surface area contributed by atoms with E-state index in [1.54, 1.807) is 11.3 Å². The Morgan fingerprint density at radius 2 is 1.89 bits per heavy atom. The predicted octanol–water partition coefficient (Wildman–Crippen LogP) is 4.58. The number of carbonyl (C=O) groups is 1. The van der Waals surface area contributed by atoms with Gasteiger partial charge in [-0.3, -0.25) is 14.4 Å². The zero-order chi connectivity index (χ0) is 25.5. The Kier molecular flexibility index (Phi) is 6.67. The molecule has 0 radical (unpaired) electrons. The van der Waals surface area contributed by atoms with Gasteiger partial charge in [-0.1, -0.05) is 24.0 Å². The number of ether oxygens (including phenoxy) is 1. The smallest absolute Gasteiger partial charge is 0.308 e. The number of aliphatic imine (C=N–C) groups is 1. The fraction of sp³-hybridized carbons (Fsp3) is 0.407. The number of carbonyl (C=O) groups excluding carboxylic acids is 1. The normalized spacial score (nSPS) is 15.8. The number of thiophene rings is 1. The molecule has 0 amide bonds. The largest absolute Gasteiger partial charge is 0.460 e. The van der Waals surface area contributed by atoms with Gasteiger partial charge in [-0.05, 0) is 66.2 Å². The van der Waals surface area contributed by atoms with Gasteiger partial charge in [-0.15, -0.1) is 21.5 Å². The van der Waals surface area contributed by atoms with Crippen LogP contribution in [0.2, 0.25) is 0 Å². The maximum absolute atomic E-state index is 12.8. The predicted molar refractivity (Wildman–Crippen MR) is 139 cm³/mol. The van der Waals surface area contributed by atoms with Gasteiger partial charge in [0.25, 0.3) is 0 Å². The summed E-state index contributed by atoms with van der Waals surface area (Å²) in [5, 5.41) is 9.79. The minimum atomic E-state index is -0.581. The summed E-state index contributed by atoms with van der Waals surface area (Å²) < 4.78 is 7.65. The molecule has 1 aromatic carbocycles. The number of aryl methyl sites for hydroxylation is 2. The molecule has 2 atom stereocenters. The molecule has 7 nitrogen and oxygen atoms in total. The van der Waals surface area contributed by atoms with Crippen molar-refractivity contribution >= 4 is 23.0 Å². The molecule has 3 heterocycles. The fourth-order valence-electron chi connectivity index (χ4n) is 3.97. The van der Waals surface area contributed by atoms with Gasteiger partial charge >= 0.3 is 5.97 Å². The quantitative estimate of drug-likeness (QED) is 0.429. The van der Waals surface area contributed by atoms with E-state index in [9.17, 15) is 4.79 Å².